The molecule has 1 unspecified atom stereocenters. The van der Waals surface area contributed by atoms with Crippen LogP contribution in [0.4, 0.5) is 4.39 Å². The quantitative estimate of drug-likeness (QED) is 0.301. The maximum absolute atomic E-state index is 14.5. The molecule has 0 radical (unpaired) electrons. The van der Waals surface area contributed by atoms with Gasteiger partial charge in [0, 0.05) is 24.8 Å². The molecule has 37 heavy (non-hydrogen) atoms. The SMILES string of the molecule is C=CC(=O)N1CCC(n2nc(-c3ccc(Oc4cccc(OC)c4F)cc3)c3cncc(OCC)c32)C1. The standard InChI is InChI=1S/C28H27FN4O4/c1-4-25(34)32-14-13-19(17-32)33-28-21(15-30-16-24(28)36-5-2)27(31-33)18-9-11-20(12-10-18)37-23-8-6-7-22(35-3)26(23)29/h4,6-12,15-16,19H,1,5,13-14,17H2,2-3H3. The number of nitrogens with zero attached hydrogens (tertiary/aromatic N) is 4. The highest BCUT2D eigenvalue weighted by Crippen LogP contribution is 2.37. The fourth-order valence-corrected chi connectivity index (χ4v) is 4.60. The van der Waals surface area contributed by atoms with E-state index >= 15 is 0 Å². The number of ether oxygens (including phenoxy) is 3. The van der Waals surface area contributed by atoms with Crippen LogP contribution in [-0.2, 0) is 4.79 Å². The number of pyridine rings is 1. The van der Waals surface area contributed by atoms with Crippen molar-refractivity contribution < 1.29 is 23.4 Å². The number of aromatic nitrogens is 3. The molecule has 0 spiro atoms. The van der Waals surface area contributed by atoms with E-state index in [9.17, 15) is 9.18 Å². The van der Waals surface area contributed by atoms with Crippen molar-refractivity contribution in [3.63, 3.8) is 0 Å². The molecule has 0 aliphatic carbocycles. The third-order valence-corrected chi connectivity index (χ3v) is 6.37. The number of benzene rings is 2. The van der Waals surface area contributed by atoms with Gasteiger partial charge >= 0.3 is 0 Å². The summed E-state index contributed by atoms with van der Waals surface area (Å²) in [5, 5.41) is 5.81. The Morgan fingerprint density at radius 1 is 1.16 bits per heavy atom. The summed E-state index contributed by atoms with van der Waals surface area (Å²) >= 11 is 0. The molecule has 4 aromatic rings. The number of halogens is 1. The number of likely N-dealkylation sites (tertiary alicyclic amines) is 1. The molecule has 1 aliphatic heterocycles. The van der Waals surface area contributed by atoms with Crippen molar-refractivity contribution in [3.05, 3.63) is 73.3 Å². The van der Waals surface area contributed by atoms with Gasteiger partial charge < -0.3 is 19.1 Å². The van der Waals surface area contributed by atoms with Crippen molar-refractivity contribution in [2.45, 2.75) is 19.4 Å². The van der Waals surface area contributed by atoms with Crippen molar-refractivity contribution in [3.8, 4) is 34.3 Å². The van der Waals surface area contributed by atoms with Gasteiger partial charge in [-0.05, 0) is 55.8 Å². The van der Waals surface area contributed by atoms with E-state index in [-0.39, 0.29) is 23.4 Å². The molecule has 9 heteroatoms. The molecule has 0 N–H and O–H groups in total. The van der Waals surface area contributed by atoms with Crippen LogP contribution >= 0.6 is 0 Å². The maximum Gasteiger partial charge on any atom is 0.246 e. The zero-order valence-electron chi connectivity index (χ0n) is 20.7. The number of fused-ring (bicyclic) bond motifs is 1. The third kappa shape index (κ3) is 4.60. The number of rotatable bonds is 8. The minimum absolute atomic E-state index is 0.0135. The second-order valence-electron chi connectivity index (χ2n) is 8.59. The summed E-state index contributed by atoms with van der Waals surface area (Å²) in [6, 6.07) is 12.0. The molecular formula is C28H27FN4O4. The smallest absolute Gasteiger partial charge is 0.246 e. The largest absolute Gasteiger partial charge is 0.494 e. The Labute approximate surface area is 213 Å². The Morgan fingerprint density at radius 3 is 2.68 bits per heavy atom. The van der Waals surface area contributed by atoms with Gasteiger partial charge in [-0.15, -0.1) is 0 Å². The number of carbonyl (C=O) groups is 1. The van der Waals surface area contributed by atoms with E-state index in [0.29, 0.717) is 31.2 Å². The van der Waals surface area contributed by atoms with Gasteiger partial charge in [0.15, 0.2) is 17.2 Å². The minimum Gasteiger partial charge on any atom is -0.494 e. The summed E-state index contributed by atoms with van der Waals surface area (Å²) in [5.74, 6) is 0.655. The lowest BCUT2D eigenvalue weighted by molar-refractivity contribution is -0.125. The van der Waals surface area contributed by atoms with E-state index in [1.807, 2.05) is 23.7 Å². The Morgan fingerprint density at radius 2 is 1.95 bits per heavy atom. The molecule has 1 saturated heterocycles. The second-order valence-corrected chi connectivity index (χ2v) is 8.59. The molecule has 8 nitrogen and oxygen atoms in total. The molecule has 190 valence electrons. The van der Waals surface area contributed by atoms with Gasteiger partial charge in [-0.3, -0.25) is 14.5 Å². The molecule has 0 saturated carbocycles. The lowest BCUT2D eigenvalue weighted by Crippen LogP contribution is -2.27. The molecule has 0 bridgehead atoms. The first-order valence-electron chi connectivity index (χ1n) is 12.0. The minimum atomic E-state index is -0.561. The first-order chi connectivity index (χ1) is 18.0. The summed E-state index contributed by atoms with van der Waals surface area (Å²) in [4.78, 5) is 18.3. The van der Waals surface area contributed by atoms with E-state index in [1.54, 1.807) is 41.6 Å². The number of amides is 1. The van der Waals surface area contributed by atoms with Crippen LogP contribution in [0.1, 0.15) is 19.4 Å². The summed E-state index contributed by atoms with van der Waals surface area (Å²) < 4.78 is 33.1. The molecule has 1 aliphatic rings. The van der Waals surface area contributed by atoms with Gasteiger partial charge in [-0.2, -0.15) is 9.49 Å². The van der Waals surface area contributed by atoms with Crippen molar-refractivity contribution in [1.82, 2.24) is 19.7 Å². The van der Waals surface area contributed by atoms with Gasteiger partial charge in [-0.25, -0.2) is 0 Å². The summed E-state index contributed by atoms with van der Waals surface area (Å²) in [6.45, 7) is 7.18. The zero-order valence-corrected chi connectivity index (χ0v) is 20.7. The average Bonchev–Trinajstić information content (AvgIpc) is 3.56. The van der Waals surface area contributed by atoms with Crippen LogP contribution in [-0.4, -0.2) is 52.4 Å². The van der Waals surface area contributed by atoms with Crippen LogP contribution < -0.4 is 14.2 Å². The molecule has 3 heterocycles. The van der Waals surface area contributed by atoms with Gasteiger partial charge in [0.25, 0.3) is 0 Å². The van der Waals surface area contributed by atoms with Crippen LogP contribution in [0, 0.1) is 5.82 Å². The monoisotopic (exact) mass is 502 g/mol. The lowest BCUT2D eigenvalue weighted by atomic mass is 10.1. The van der Waals surface area contributed by atoms with Gasteiger partial charge in [0.05, 0.1) is 31.3 Å². The van der Waals surface area contributed by atoms with Crippen molar-refractivity contribution in [2.24, 2.45) is 0 Å². The molecular weight excluding hydrogens is 475 g/mol. The lowest BCUT2D eigenvalue weighted by Gasteiger charge is -2.16. The van der Waals surface area contributed by atoms with E-state index in [2.05, 4.69) is 11.6 Å². The average molecular weight is 503 g/mol. The highest BCUT2D eigenvalue weighted by molar-refractivity contribution is 5.96. The molecule has 5 rings (SSSR count). The molecule has 1 atom stereocenters. The second kappa shape index (κ2) is 10.3. The van der Waals surface area contributed by atoms with Gasteiger partial charge in [0.2, 0.25) is 11.7 Å². The predicted molar refractivity (Wildman–Crippen MR) is 138 cm³/mol. The van der Waals surface area contributed by atoms with E-state index in [0.717, 1.165) is 28.6 Å². The first kappa shape index (κ1) is 24.3. The van der Waals surface area contributed by atoms with E-state index < -0.39 is 5.82 Å². The Bertz CT molecular complexity index is 1450. The molecule has 2 aromatic carbocycles. The van der Waals surface area contributed by atoms with Crippen molar-refractivity contribution in [2.75, 3.05) is 26.8 Å². The number of hydrogen-bond donors (Lipinski definition) is 0. The molecule has 2 aromatic heterocycles. The maximum atomic E-state index is 14.5. The van der Waals surface area contributed by atoms with E-state index in [4.69, 9.17) is 19.3 Å². The van der Waals surface area contributed by atoms with Crippen LogP contribution in [0.15, 0.2) is 67.5 Å². The number of hydrogen-bond acceptors (Lipinski definition) is 6. The normalized spacial score (nSPS) is 15.1. The summed E-state index contributed by atoms with van der Waals surface area (Å²) in [7, 11) is 1.41. The predicted octanol–water partition coefficient (Wildman–Crippen LogP) is 5.40. The number of carbonyl (C=O) groups excluding carboxylic acids is 1. The van der Waals surface area contributed by atoms with Gasteiger partial charge in [0.1, 0.15) is 17.0 Å². The Hall–Kier alpha value is -4.40. The number of methoxy groups -OCH3 is 1. The van der Waals surface area contributed by atoms with Gasteiger partial charge in [-0.1, -0.05) is 12.6 Å². The van der Waals surface area contributed by atoms with Crippen LogP contribution in [0.3, 0.4) is 0 Å². The van der Waals surface area contributed by atoms with Crippen LogP contribution in [0.2, 0.25) is 0 Å². The summed E-state index contributed by atoms with van der Waals surface area (Å²) in [5.41, 5.74) is 2.41. The van der Waals surface area contributed by atoms with E-state index in [1.165, 1.54) is 19.3 Å². The third-order valence-electron chi connectivity index (χ3n) is 6.37. The summed E-state index contributed by atoms with van der Waals surface area (Å²) in [6.07, 6.45) is 5.57. The molecule has 1 fully saturated rings. The fraction of sp³-hybridized carbons (Fsp3) is 0.250. The van der Waals surface area contributed by atoms with Crippen molar-refractivity contribution >= 4 is 16.8 Å². The highest BCUT2D eigenvalue weighted by atomic mass is 19.1. The van der Waals surface area contributed by atoms with Crippen molar-refractivity contribution in [1.29, 1.82) is 0 Å². The Balaban J connectivity index is 1.50. The van der Waals surface area contributed by atoms with Crippen LogP contribution in [0.5, 0.6) is 23.0 Å². The van der Waals surface area contributed by atoms with Crippen LogP contribution in [0.25, 0.3) is 22.2 Å². The molecule has 1 amide bonds. The Kier molecular flexibility index (Phi) is 6.76. The zero-order chi connectivity index (χ0) is 25.9. The highest BCUT2D eigenvalue weighted by Gasteiger charge is 2.30. The fourth-order valence-electron chi connectivity index (χ4n) is 4.60. The first-order valence-corrected chi connectivity index (χ1v) is 12.0. The topological polar surface area (TPSA) is 78.7 Å².